The van der Waals surface area contributed by atoms with Crippen LogP contribution in [0.25, 0.3) is 0 Å². The first-order valence-corrected chi connectivity index (χ1v) is 7.83. The molecule has 0 aromatic heterocycles. The van der Waals surface area contributed by atoms with E-state index in [1.54, 1.807) is 7.11 Å². The molecular weight excluding hydrogens is 248 g/mol. The smallest absolute Gasteiger partial charge is 0.0615 e. The number of benzene rings is 1. The highest BCUT2D eigenvalue weighted by atomic mass is 16.5. The topological polar surface area (TPSA) is 24.5 Å². The molecule has 1 fully saturated rings. The van der Waals surface area contributed by atoms with Gasteiger partial charge in [-0.25, -0.2) is 0 Å². The molecule has 3 nitrogen and oxygen atoms in total. The minimum absolute atomic E-state index is 0.499. The van der Waals surface area contributed by atoms with Crippen molar-refractivity contribution in [3.05, 3.63) is 35.9 Å². The molecule has 20 heavy (non-hydrogen) atoms. The normalized spacial score (nSPS) is 21.2. The fourth-order valence-corrected chi connectivity index (χ4v) is 2.92. The molecule has 1 saturated heterocycles. The third-order valence-electron chi connectivity index (χ3n) is 4.16. The van der Waals surface area contributed by atoms with Crippen LogP contribution in [0.4, 0.5) is 0 Å². The molecule has 0 spiro atoms. The van der Waals surface area contributed by atoms with Crippen LogP contribution in [0.1, 0.15) is 25.3 Å². The zero-order valence-electron chi connectivity index (χ0n) is 12.8. The molecule has 1 aromatic rings. The van der Waals surface area contributed by atoms with Gasteiger partial charge in [0, 0.05) is 32.3 Å². The van der Waals surface area contributed by atoms with Gasteiger partial charge in [-0.05, 0) is 31.4 Å². The second kappa shape index (κ2) is 8.40. The second-order valence-electron chi connectivity index (χ2n) is 5.75. The third kappa shape index (κ3) is 4.89. The van der Waals surface area contributed by atoms with E-state index in [1.807, 2.05) is 0 Å². The van der Waals surface area contributed by atoms with E-state index in [9.17, 15) is 0 Å². The Hall–Kier alpha value is -0.900. The van der Waals surface area contributed by atoms with Gasteiger partial charge in [0.05, 0.1) is 6.61 Å². The molecule has 0 bridgehead atoms. The van der Waals surface area contributed by atoms with Gasteiger partial charge in [0.1, 0.15) is 0 Å². The van der Waals surface area contributed by atoms with Crippen molar-refractivity contribution < 1.29 is 4.74 Å². The first-order valence-electron chi connectivity index (χ1n) is 7.83. The number of rotatable bonds is 8. The SMILES string of the molecule is CCC(COC)NC1CCN(CCc2ccccc2)C1. The lowest BCUT2D eigenvalue weighted by Crippen LogP contribution is -2.42. The largest absolute Gasteiger partial charge is 0.383 e. The van der Waals surface area contributed by atoms with Gasteiger partial charge in [-0.3, -0.25) is 0 Å². The van der Waals surface area contributed by atoms with Crippen molar-refractivity contribution >= 4 is 0 Å². The Morgan fingerprint density at radius 3 is 2.85 bits per heavy atom. The van der Waals surface area contributed by atoms with Crippen LogP contribution in [0.3, 0.4) is 0 Å². The molecule has 2 atom stereocenters. The molecule has 0 radical (unpaired) electrons. The predicted molar refractivity (Wildman–Crippen MR) is 84.1 cm³/mol. The lowest BCUT2D eigenvalue weighted by atomic mass is 10.1. The number of likely N-dealkylation sites (tertiary alicyclic amines) is 1. The van der Waals surface area contributed by atoms with Crippen molar-refractivity contribution in [3.63, 3.8) is 0 Å². The predicted octanol–water partition coefficient (Wildman–Crippen LogP) is 2.32. The van der Waals surface area contributed by atoms with Crippen LogP contribution in [0.5, 0.6) is 0 Å². The molecule has 112 valence electrons. The van der Waals surface area contributed by atoms with E-state index in [0.29, 0.717) is 12.1 Å². The molecule has 0 saturated carbocycles. The van der Waals surface area contributed by atoms with Gasteiger partial charge in [-0.1, -0.05) is 37.3 Å². The minimum atomic E-state index is 0.499. The molecule has 3 heteroatoms. The number of hydrogen-bond donors (Lipinski definition) is 1. The molecule has 1 aliphatic heterocycles. The molecular formula is C17H28N2O. The van der Waals surface area contributed by atoms with Crippen molar-refractivity contribution in [1.82, 2.24) is 10.2 Å². The highest BCUT2D eigenvalue weighted by Crippen LogP contribution is 2.12. The summed E-state index contributed by atoms with van der Waals surface area (Å²) >= 11 is 0. The maximum atomic E-state index is 5.26. The highest BCUT2D eigenvalue weighted by molar-refractivity contribution is 5.14. The number of nitrogens with one attached hydrogen (secondary N) is 1. The lowest BCUT2D eigenvalue weighted by Gasteiger charge is -2.22. The van der Waals surface area contributed by atoms with Gasteiger partial charge in [0.15, 0.2) is 0 Å². The van der Waals surface area contributed by atoms with Crippen LogP contribution < -0.4 is 5.32 Å². The van der Waals surface area contributed by atoms with Crippen molar-refractivity contribution in [1.29, 1.82) is 0 Å². The standard InChI is InChI=1S/C17H28N2O/c1-3-16(14-20-2)18-17-10-12-19(13-17)11-9-15-7-5-4-6-8-15/h4-8,16-18H,3,9-14H2,1-2H3. The number of hydrogen-bond acceptors (Lipinski definition) is 3. The van der Waals surface area contributed by atoms with E-state index in [1.165, 1.54) is 31.6 Å². The summed E-state index contributed by atoms with van der Waals surface area (Å²) in [5.74, 6) is 0. The molecule has 0 aliphatic carbocycles. The van der Waals surface area contributed by atoms with Gasteiger partial charge in [-0.15, -0.1) is 0 Å². The zero-order chi connectivity index (χ0) is 14.2. The Balaban J connectivity index is 1.69. The summed E-state index contributed by atoms with van der Waals surface area (Å²) in [5.41, 5.74) is 1.44. The first kappa shape index (κ1) is 15.5. The van der Waals surface area contributed by atoms with Gasteiger partial charge in [0.25, 0.3) is 0 Å². The van der Waals surface area contributed by atoms with E-state index >= 15 is 0 Å². The van der Waals surface area contributed by atoms with Gasteiger partial charge < -0.3 is 15.0 Å². The zero-order valence-corrected chi connectivity index (χ0v) is 12.8. The fraction of sp³-hybridized carbons (Fsp3) is 0.647. The van der Waals surface area contributed by atoms with Crippen LogP contribution in [-0.4, -0.2) is 50.3 Å². The Kier molecular flexibility index (Phi) is 6.51. The summed E-state index contributed by atoms with van der Waals surface area (Å²) < 4.78 is 5.26. The molecule has 1 heterocycles. The van der Waals surface area contributed by atoms with Crippen molar-refractivity contribution in [2.75, 3.05) is 33.4 Å². The summed E-state index contributed by atoms with van der Waals surface area (Å²) in [5, 5.41) is 3.73. The average molecular weight is 276 g/mol. The highest BCUT2D eigenvalue weighted by Gasteiger charge is 2.23. The first-order chi connectivity index (χ1) is 9.81. The van der Waals surface area contributed by atoms with Gasteiger partial charge >= 0.3 is 0 Å². The maximum Gasteiger partial charge on any atom is 0.0615 e. The number of methoxy groups -OCH3 is 1. The van der Waals surface area contributed by atoms with Crippen LogP contribution in [0.2, 0.25) is 0 Å². The van der Waals surface area contributed by atoms with E-state index in [2.05, 4.69) is 47.5 Å². The van der Waals surface area contributed by atoms with Crippen molar-refractivity contribution in [2.24, 2.45) is 0 Å². The maximum absolute atomic E-state index is 5.26. The molecule has 1 N–H and O–H groups in total. The van der Waals surface area contributed by atoms with Crippen molar-refractivity contribution in [3.8, 4) is 0 Å². The van der Waals surface area contributed by atoms with E-state index in [4.69, 9.17) is 4.74 Å². The summed E-state index contributed by atoms with van der Waals surface area (Å²) in [6, 6.07) is 11.9. The summed E-state index contributed by atoms with van der Waals surface area (Å²) in [4.78, 5) is 2.57. The van der Waals surface area contributed by atoms with E-state index in [-0.39, 0.29) is 0 Å². The molecule has 0 amide bonds. The second-order valence-corrected chi connectivity index (χ2v) is 5.75. The Morgan fingerprint density at radius 2 is 2.15 bits per heavy atom. The average Bonchev–Trinajstić information content (AvgIpc) is 2.93. The van der Waals surface area contributed by atoms with E-state index < -0.39 is 0 Å². The van der Waals surface area contributed by atoms with Crippen LogP contribution in [-0.2, 0) is 11.2 Å². The van der Waals surface area contributed by atoms with Crippen LogP contribution in [0.15, 0.2) is 30.3 Å². The van der Waals surface area contributed by atoms with Gasteiger partial charge in [0.2, 0.25) is 0 Å². The van der Waals surface area contributed by atoms with Crippen LogP contribution in [0, 0.1) is 0 Å². The Labute approximate surface area is 123 Å². The fourth-order valence-electron chi connectivity index (χ4n) is 2.92. The van der Waals surface area contributed by atoms with Crippen LogP contribution >= 0.6 is 0 Å². The quantitative estimate of drug-likeness (QED) is 0.788. The Bertz CT molecular complexity index is 369. The third-order valence-corrected chi connectivity index (χ3v) is 4.16. The lowest BCUT2D eigenvalue weighted by molar-refractivity contribution is 0.158. The van der Waals surface area contributed by atoms with Crippen molar-refractivity contribution in [2.45, 2.75) is 38.3 Å². The molecule has 1 aromatic carbocycles. The minimum Gasteiger partial charge on any atom is -0.383 e. The summed E-state index contributed by atoms with van der Waals surface area (Å²) in [7, 11) is 1.78. The monoisotopic (exact) mass is 276 g/mol. The molecule has 2 rings (SSSR count). The van der Waals surface area contributed by atoms with Gasteiger partial charge in [-0.2, -0.15) is 0 Å². The van der Waals surface area contributed by atoms with E-state index in [0.717, 1.165) is 19.4 Å². The summed E-state index contributed by atoms with van der Waals surface area (Å²) in [6.45, 7) is 6.60. The Morgan fingerprint density at radius 1 is 1.35 bits per heavy atom. The number of ether oxygens (including phenoxy) is 1. The molecule has 1 aliphatic rings. The number of nitrogens with zero attached hydrogens (tertiary/aromatic N) is 1. The summed E-state index contributed by atoms with van der Waals surface area (Å²) in [6.07, 6.45) is 3.55. The molecule has 2 unspecified atom stereocenters.